The maximum Gasteiger partial charge on any atom is 0.261 e. The Labute approximate surface area is 165 Å². The number of hydrogen-bond acceptors (Lipinski definition) is 5. The minimum absolute atomic E-state index is 0.227. The van der Waals surface area contributed by atoms with Gasteiger partial charge in [-0.05, 0) is 36.8 Å². The van der Waals surface area contributed by atoms with Crippen molar-refractivity contribution in [2.45, 2.75) is 18.4 Å². The number of thiazole rings is 1. The fraction of sp³-hybridized carbons (Fsp3) is 0.200. The van der Waals surface area contributed by atoms with E-state index < -0.39 is 0 Å². The van der Waals surface area contributed by atoms with Gasteiger partial charge in [0, 0.05) is 16.9 Å². The molecule has 0 aliphatic rings. The van der Waals surface area contributed by atoms with Crippen molar-refractivity contribution in [1.29, 1.82) is 0 Å². The van der Waals surface area contributed by atoms with Crippen LogP contribution in [0.4, 0.5) is 9.52 Å². The quantitative estimate of drug-likeness (QED) is 0.551. The maximum atomic E-state index is 12.9. The first-order valence-electron chi connectivity index (χ1n) is 8.45. The van der Waals surface area contributed by atoms with Crippen molar-refractivity contribution in [1.82, 2.24) is 4.98 Å². The predicted molar refractivity (Wildman–Crippen MR) is 109 cm³/mol. The summed E-state index contributed by atoms with van der Waals surface area (Å²) in [7, 11) is 0. The van der Waals surface area contributed by atoms with Crippen molar-refractivity contribution >= 4 is 34.1 Å². The molecule has 0 aliphatic heterocycles. The summed E-state index contributed by atoms with van der Waals surface area (Å²) in [6, 6.07) is 13.6. The lowest BCUT2D eigenvalue weighted by Crippen LogP contribution is -2.13. The zero-order chi connectivity index (χ0) is 19.1. The van der Waals surface area contributed by atoms with Gasteiger partial charge in [0.1, 0.15) is 11.6 Å². The second kappa shape index (κ2) is 9.53. The first-order valence-corrected chi connectivity index (χ1v) is 10.5. The average Bonchev–Trinajstić information content (AvgIpc) is 3.11. The van der Waals surface area contributed by atoms with E-state index >= 15 is 0 Å². The van der Waals surface area contributed by atoms with Crippen molar-refractivity contribution in [3.05, 3.63) is 76.5 Å². The van der Waals surface area contributed by atoms with E-state index in [2.05, 4.69) is 10.3 Å². The number of nitrogens with zero attached hydrogens (tertiary/aromatic N) is 1. The molecule has 3 rings (SSSR count). The minimum atomic E-state index is -0.237. The number of thioether (sulfide) groups is 1. The lowest BCUT2D eigenvalue weighted by atomic mass is 10.2. The molecule has 0 fully saturated rings. The van der Waals surface area contributed by atoms with Crippen LogP contribution in [0.1, 0.15) is 28.5 Å². The third-order valence-corrected chi connectivity index (χ3v) is 5.48. The van der Waals surface area contributed by atoms with Gasteiger partial charge in [0.15, 0.2) is 5.13 Å². The van der Waals surface area contributed by atoms with E-state index in [1.165, 1.54) is 23.5 Å². The topological polar surface area (TPSA) is 51.2 Å². The highest BCUT2D eigenvalue weighted by molar-refractivity contribution is 7.97. The smallest absolute Gasteiger partial charge is 0.261 e. The Morgan fingerprint density at radius 3 is 2.74 bits per heavy atom. The van der Waals surface area contributed by atoms with Crippen LogP contribution in [0.5, 0.6) is 5.75 Å². The zero-order valence-electron chi connectivity index (χ0n) is 14.8. The third kappa shape index (κ3) is 5.55. The molecule has 0 radical (unpaired) electrons. The SMILES string of the molecule is CCOc1ccccc1C(=O)Nc1nc(CSCc2ccc(F)cc2)cs1. The number of hydrogen-bond donors (Lipinski definition) is 1. The highest BCUT2D eigenvalue weighted by Crippen LogP contribution is 2.24. The molecule has 0 saturated carbocycles. The molecular weight excluding hydrogens is 383 g/mol. The maximum absolute atomic E-state index is 12.9. The number of benzene rings is 2. The monoisotopic (exact) mass is 402 g/mol. The minimum Gasteiger partial charge on any atom is -0.493 e. The van der Waals surface area contributed by atoms with E-state index in [9.17, 15) is 9.18 Å². The number of para-hydroxylation sites is 1. The summed E-state index contributed by atoms with van der Waals surface area (Å²) in [6.45, 7) is 2.38. The van der Waals surface area contributed by atoms with Crippen LogP contribution in [0.2, 0.25) is 0 Å². The highest BCUT2D eigenvalue weighted by atomic mass is 32.2. The largest absolute Gasteiger partial charge is 0.493 e. The molecule has 0 saturated heterocycles. The van der Waals surface area contributed by atoms with Crippen LogP contribution in [-0.2, 0) is 11.5 Å². The fourth-order valence-corrected chi connectivity index (χ4v) is 4.08. The Kier molecular flexibility index (Phi) is 6.84. The molecule has 140 valence electrons. The molecule has 1 heterocycles. The molecule has 0 bridgehead atoms. The molecule has 27 heavy (non-hydrogen) atoms. The van der Waals surface area contributed by atoms with Crippen LogP contribution in [0.25, 0.3) is 0 Å². The first kappa shape index (κ1) is 19.4. The van der Waals surface area contributed by atoms with Gasteiger partial charge in [-0.1, -0.05) is 24.3 Å². The number of rotatable bonds is 8. The molecule has 0 aliphatic carbocycles. The fourth-order valence-electron chi connectivity index (χ4n) is 2.38. The van der Waals surface area contributed by atoms with Gasteiger partial charge in [-0.3, -0.25) is 10.1 Å². The lowest BCUT2D eigenvalue weighted by molar-refractivity contribution is 0.102. The number of ether oxygens (including phenoxy) is 1. The molecular formula is C20H19FN2O2S2. The zero-order valence-corrected chi connectivity index (χ0v) is 16.4. The Bertz CT molecular complexity index is 897. The number of aromatic nitrogens is 1. The van der Waals surface area contributed by atoms with E-state index in [0.29, 0.717) is 23.1 Å². The molecule has 0 unspecified atom stereocenters. The van der Waals surface area contributed by atoms with Crippen LogP contribution < -0.4 is 10.1 Å². The molecule has 1 aromatic heterocycles. The van der Waals surface area contributed by atoms with Crippen molar-refractivity contribution in [2.75, 3.05) is 11.9 Å². The third-order valence-electron chi connectivity index (χ3n) is 3.64. The second-order valence-electron chi connectivity index (χ2n) is 5.65. The van der Waals surface area contributed by atoms with Crippen molar-refractivity contribution in [3.63, 3.8) is 0 Å². The molecule has 0 spiro atoms. The number of nitrogens with one attached hydrogen (secondary N) is 1. The Balaban J connectivity index is 1.54. The van der Waals surface area contributed by atoms with Crippen molar-refractivity contribution in [3.8, 4) is 5.75 Å². The Morgan fingerprint density at radius 1 is 1.19 bits per heavy atom. The molecule has 7 heteroatoms. The second-order valence-corrected chi connectivity index (χ2v) is 7.49. The van der Waals surface area contributed by atoms with E-state index in [4.69, 9.17) is 4.74 Å². The Hall–Kier alpha value is -2.38. The van der Waals surface area contributed by atoms with Gasteiger partial charge >= 0.3 is 0 Å². The van der Waals surface area contributed by atoms with E-state index in [1.54, 1.807) is 42.1 Å². The van der Waals surface area contributed by atoms with Crippen molar-refractivity contribution < 1.29 is 13.9 Å². The summed E-state index contributed by atoms with van der Waals surface area (Å²) in [5, 5.41) is 5.32. The van der Waals surface area contributed by atoms with Gasteiger partial charge in [0.2, 0.25) is 0 Å². The summed E-state index contributed by atoms with van der Waals surface area (Å²) >= 11 is 3.09. The van der Waals surface area contributed by atoms with E-state index in [1.807, 2.05) is 18.4 Å². The van der Waals surface area contributed by atoms with E-state index in [-0.39, 0.29) is 11.7 Å². The summed E-state index contributed by atoms with van der Waals surface area (Å²) in [4.78, 5) is 16.9. The summed E-state index contributed by atoms with van der Waals surface area (Å²) in [6.07, 6.45) is 0. The summed E-state index contributed by atoms with van der Waals surface area (Å²) in [5.41, 5.74) is 2.46. The standard InChI is InChI=1S/C20H19FN2O2S2/c1-2-25-18-6-4-3-5-17(18)19(24)23-20-22-16(13-27-20)12-26-11-14-7-9-15(21)10-8-14/h3-10,13H,2,11-12H2,1H3,(H,22,23,24). The van der Waals surface area contributed by atoms with Gasteiger partial charge in [0.05, 0.1) is 17.9 Å². The number of anilines is 1. The van der Waals surface area contributed by atoms with Gasteiger partial charge in [0.25, 0.3) is 5.91 Å². The van der Waals surface area contributed by atoms with Gasteiger partial charge in [-0.25, -0.2) is 9.37 Å². The van der Waals surface area contributed by atoms with Gasteiger partial charge < -0.3 is 4.74 Å². The lowest BCUT2D eigenvalue weighted by Gasteiger charge is -2.08. The summed E-state index contributed by atoms with van der Waals surface area (Å²) in [5.74, 6) is 1.60. The summed E-state index contributed by atoms with van der Waals surface area (Å²) < 4.78 is 18.4. The molecule has 4 nitrogen and oxygen atoms in total. The van der Waals surface area contributed by atoms with Crippen LogP contribution >= 0.6 is 23.1 Å². The number of carbonyl (C=O) groups excluding carboxylic acids is 1. The molecule has 0 atom stereocenters. The normalized spacial score (nSPS) is 10.6. The molecule has 1 N–H and O–H groups in total. The highest BCUT2D eigenvalue weighted by Gasteiger charge is 2.14. The molecule has 1 amide bonds. The Morgan fingerprint density at radius 2 is 1.96 bits per heavy atom. The van der Waals surface area contributed by atoms with E-state index in [0.717, 1.165) is 22.8 Å². The van der Waals surface area contributed by atoms with Crippen LogP contribution in [0.15, 0.2) is 53.9 Å². The van der Waals surface area contributed by atoms with Gasteiger partial charge in [-0.15, -0.1) is 11.3 Å². The van der Waals surface area contributed by atoms with Gasteiger partial charge in [-0.2, -0.15) is 11.8 Å². The van der Waals surface area contributed by atoms with Crippen LogP contribution in [0.3, 0.4) is 0 Å². The average molecular weight is 403 g/mol. The number of halogens is 1. The number of amides is 1. The van der Waals surface area contributed by atoms with Crippen LogP contribution in [0, 0.1) is 5.82 Å². The predicted octanol–water partition coefficient (Wildman–Crippen LogP) is 5.37. The molecule has 3 aromatic rings. The first-order chi connectivity index (χ1) is 13.2. The van der Waals surface area contributed by atoms with Crippen LogP contribution in [-0.4, -0.2) is 17.5 Å². The van der Waals surface area contributed by atoms with Crippen molar-refractivity contribution in [2.24, 2.45) is 0 Å². The molecule has 2 aromatic carbocycles. The number of carbonyl (C=O) groups is 1.